The summed E-state index contributed by atoms with van der Waals surface area (Å²) in [6.45, 7) is 4.79. The van der Waals surface area contributed by atoms with E-state index in [1.165, 1.54) is 7.11 Å². The number of methoxy groups -OCH3 is 1. The third-order valence-electron chi connectivity index (χ3n) is 13.7. The summed E-state index contributed by atoms with van der Waals surface area (Å²) in [5.41, 5.74) is 5.25. The van der Waals surface area contributed by atoms with Crippen molar-refractivity contribution in [2.24, 2.45) is 23.7 Å². The van der Waals surface area contributed by atoms with Gasteiger partial charge in [-0.3, -0.25) is 9.59 Å². The molecule has 15 nitrogen and oxygen atoms in total. The number of ether oxygens (including phenoxy) is 2. The molecule has 4 amide bonds. The van der Waals surface area contributed by atoms with E-state index < -0.39 is 24.3 Å². The lowest BCUT2D eigenvalue weighted by atomic mass is 9.90. The Kier molecular flexibility index (Phi) is 9.93. The van der Waals surface area contributed by atoms with Crippen LogP contribution in [0, 0.1) is 23.7 Å². The molecule has 0 radical (unpaired) electrons. The van der Waals surface area contributed by atoms with Gasteiger partial charge in [0.05, 0.1) is 35.9 Å². The molecule has 2 saturated carbocycles. The summed E-state index contributed by atoms with van der Waals surface area (Å²) >= 11 is 6.84. The van der Waals surface area contributed by atoms with Crippen LogP contribution in [0.1, 0.15) is 76.1 Å². The number of fused-ring (bicyclic) bond motifs is 4. The van der Waals surface area contributed by atoms with Crippen LogP contribution >= 0.6 is 11.6 Å². The minimum atomic E-state index is -1.21. The number of carbonyl (C=O) groups excluding carboxylic acids is 3. The number of rotatable bonds is 10. The summed E-state index contributed by atoms with van der Waals surface area (Å²) in [6.07, 6.45) is 2.96. The standard InChI is InChI=1S/C45H49ClN8O7/c1-21(2)36(50-44(57)58)42(55)53-32-17-28(32)19-34(53)40-47-30-9-8-26(16-31(30)48-40)24-4-5-25-15-27(7-6-23(25)14-24)37-39(46)52-41(49-37)35-20-29-18-33(29)54(35)43(56)38(51-45(59)60-3)22-10-12-61-13-11-22/h4-9,14-16,21-22,28-29,32-36,38,50H,10-13,17-20H2,1-3H3,(H,47,48)(H,49,52)(H,51,59)(H,57,58)/t28-,29-,32-,33-,34+,35+,36+,38+/m1/s1. The number of alkyl carbamates (subject to hydrolysis) is 1. The smallest absolute Gasteiger partial charge is 0.407 e. The van der Waals surface area contributed by atoms with Crippen molar-refractivity contribution in [1.82, 2.24) is 40.4 Å². The van der Waals surface area contributed by atoms with Crippen molar-refractivity contribution in [3.8, 4) is 22.4 Å². The third kappa shape index (κ3) is 7.24. The Hall–Kier alpha value is -5.67. The molecule has 2 aromatic heterocycles. The van der Waals surface area contributed by atoms with E-state index in [2.05, 4.69) is 63.1 Å². The molecule has 0 unspecified atom stereocenters. The number of hydrogen-bond donors (Lipinski definition) is 5. The maximum atomic E-state index is 14.3. The zero-order valence-electron chi connectivity index (χ0n) is 34.2. The number of benzene rings is 3. The monoisotopic (exact) mass is 848 g/mol. The topological polar surface area (TPSA) is 195 Å². The van der Waals surface area contributed by atoms with Crippen LogP contribution in [0.5, 0.6) is 0 Å². The number of piperidine rings is 2. The summed E-state index contributed by atoms with van der Waals surface area (Å²) in [4.78, 5) is 72.4. The van der Waals surface area contributed by atoms with Gasteiger partial charge >= 0.3 is 12.2 Å². The summed E-state index contributed by atoms with van der Waals surface area (Å²) < 4.78 is 10.5. The Morgan fingerprint density at radius 2 is 1.41 bits per heavy atom. The Morgan fingerprint density at radius 3 is 2.07 bits per heavy atom. The number of aromatic amines is 2. The minimum Gasteiger partial charge on any atom is -0.465 e. The number of carbonyl (C=O) groups is 4. The van der Waals surface area contributed by atoms with Crippen molar-refractivity contribution in [1.29, 1.82) is 0 Å². The molecule has 5 N–H and O–H groups in total. The molecular formula is C45H49ClN8O7. The van der Waals surface area contributed by atoms with Crippen LogP contribution in [0.2, 0.25) is 5.15 Å². The molecule has 3 aromatic carbocycles. The van der Waals surface area contributed by atoms with Crippen LogP contribution in [0.25, 0.3) is 44.2 Å². The largest absolute Gasteiger partial charge is 0.465 e. The van der Waals surface area contributed by atoms with Crippen molar-refractivity contribution in [2.45, 2.75) is 88.6 Å². The number of halogens is 1. The minimum absolute atomic E-state index is 0.0550. The van der Waals surface area contributed by atoms with Gasteiger partial charge < -0.3 is 45.0 Å². The van der Waals surface area contributed by atoms with Gasteiger partial charge in [0.2, 0.25) is 11.8 Å². The fraction of sp³-hybridized carbons (Fsp3) is 0.467. The van der Waals surface area contributed by atoms with Gasteiger partial charge in [-0.15, -0.1) is 0 Å². The number of nitrogens with one attached hydrogen (secondary N) is 4. The van der Waals surface area contributed by atoms with Gasteiger partial charge in [0.1, 0.15) is 23.7 Å². The van der Waals surface area contributed by atoms with Crippen molar-refractivity contribution in [3.63, 3.8) is 0 Å². The predicted molar refractivity (Wildman–Crippen MR) is 226 cm³/mol. The van der Waals surface area contributed by atoms with Crippen molar-refractivity contribution in [3.05, 3.63) is 71.4 Å². The highest BCUT2D eigenvalue weighted by molar-refractivity contribution is 6.32. The first-order valence-corrected chi connectivity index (χ1v) is 21.7. The highest BCUT2D eigenvalue weighted by atomic mass is 35.5. The van der Waals surface area contributed by atoms with Crippen LogP contribution in [0.4, 0.5) is 9.59 Å². The molecule has 3 saturated heterocycles. The maximum Gasteiger partial charge on any atom is 0.407 e. The van der Waals surface area contributed by atoms with Gasteiger partial charge in [0.25, 0.3) is 0 Å². The number of carboxylic acid groups (broad SMARTS) is 1. The second-order valence-corrected chi connectivity index (χ2v) is 18.1. The maximum absolute atomic E-state index is 14.3. The fourth-order valence-electron chi connectivity index (χ4n) is 10.3. The number of aromatic nitrogens is 4. The highest BCUT2D eigenvalue weighted by Crippen LogP contribution is 2.55. The first-order chi connectivity index (χ1) is 29.4. The van der Waals surface area contributed by atoms with E-state index in [1.54, 1.807) is 0 Å². The Labute approximate surface area is 356 Å². The molecule has 5 heterocycles. The SMILES string of the molecule is COC(=O)N[C@H](C(=O)N1[C@@H]2C[C@@H]2C[C@H]1c1nc(Cl)c(-c2ccc3cc(-c4ccc5[nH]c([C@@H]6C[C@H]7C[C@H]7N6C(=O)[C@@H](NC(=O)O)C(C)C)nc5c4)ccc3c2)[nH]1)C1CCOCC1. The van der Waals surface area contributed by atoms with Gasteiger partial charge in [-0.2, -0.15) is 0 Å². The molecule has 0 bridgehead atoms. The highest BCUT2D eigenvalue weighted by Gasteiger charge is 2.58. The Bertz CT molecular complexity index is 2570. The molecule has 16 heteroatoms. The van der Waals surface area contributed by atoms with Crippen LogP contribution in [0.3, 0.4) is 0 Å². The third-order valence-corrected chi connectivity index (χ3v) is 13.9. The van der Waals surface area contributed by atoms with E-state index in [-0.39, 0.29) is 47.8 Å². The van der Waals surface area contributed by atoms with Crippen LogP contribution in [-0.2, 0) is 19.1 Å². The molecule has 5 fully saturated rings. The molecule has 8 atom stereocenters. The summed E-state index contributed by atoms with van der Waals surface area (Å²) in [7, 11) is 1.31. The number of imidazole rings is 2. The average molecular weight is 849 g/mol. The number of nitrogens with zero attached hydrogens (tertiary/aromatic N) is 4. The lowest BCUT2D eigenvalue weighted by molar-refractivity contribution is -0.138. The van der Waals surface area contributed by atoms with E-state index in [9.17, 15) is 24.3 Å². The van der Waals surface area contributed by atoms with Crippen molar-refractivity contribution >= 4 is 57.4 Å². The van der Waals surface area contributed by atoms with Crippen LogP contribution < -0.4 is 10.6 Å². The quantitative estimate of drug-likeness (QED) is 0.0967. The summed E-state index contributed by atoms with van der Waals surface area (Å²) in [5, 5.41) is 17.1. The molecule has 318 valence electrons. The van der Waals surface area contributed by atoms with Crippen LogP contribution in [0.15, 0.2) is 54.6 Å². The number of H-pyrrole nitrogens is 2. The molecule has 2 aliphatic carbocycles. The van der Waals surface area contributed by atoms with Gasteiger partial charge in [0, 0.05) is 30.9 Å². The van der Waals surface area contributed by atoms with E-state index in [4.69, 9.17) is 31.0 Å². The van der Waals surface area contributed by atoms with Gasteiger partial charge in [-0.1, -0.05) is 55.8 Å². The summed E-state index contributed by atoms with van der Waals surface area (Å²) in [5.74, 6) is 1.57. The zero-order chi connectivity index (χ0) is 42.3. The van der Waals surface area contributed by atoms with Gasteiger partial charge in [-0.25, -0.2) is 19.6 Å². The van der Waals surface area contributed by atoms with Gasteiger partial charge in [-0.05, 0) is 108 Å². The second-order valence-electron chi connectivity index (χ2n) is 17.8. The lowest BCUT2D eigenvalue weighted by Crippen LogP contribution is -2.54. The van der Waals surface area contributed by atoms with E-state index in [0.29, 0.717) is 54.6 Å². The predicted octanol–water partition coefficient (Wildman–Crippen LogP) is 7.19. The molecular weight excluding hydrogens is 800 g/mol. The zero-order valence-corrected chi connectivity index (χ0v) is 34.9. The first-order valence-electron chi connectivity index (χ1n) is 21.3. The molecule has 10 rings (SSSR count). The van der Waals surface area contributed by atoms with Crippen molar-refractivity contribution < 1.29 is 33.8 Å². The fourth-order valence-corrected chi connectivity index (χ4v) is 10.5. The Morgan fingerprint density at radius 1 is 0.803 bits per heavy atom. The number of likely N-dealkylation sites (tertiary alicyclic amines) is 2. The second kappa shape index (κ2) is 15.4. The molecule has 0 spiro atoms. The van der Waals surface area contributed by atoms with Crippen molar-refractivity contribution in [2.75, 3.05) is 20.3 Å². The molecule has 3 aliphatic heterocycles. The average Bonchev–Trinajstić information content (AvgIpc) is 3.94. The lowest BCUT2D eigenvalue weighted by Gasteiger charge is -2.35. The van der Waals surface area contributed by atoms with E-state index in [0.717, 1.165) is 70.0 Å². The summed E-state index contributed by atoms with van der Waals surface area (Å²) in [6, 6.07) is 16.7. The van der Waals surface area contributed by atoms with Crippen LogP contribution in [-0.4, -0.2) is 103 Å². The number of hydrogen-bond acceptors (Lipinski definition) is 8. The molecule has 5 aliphatic rings. The molecule has 61 heavy (non-hydrogen) atoms. The van der Waals surface area contributed by atoms with E-state index >= 15 is 0 Å². The molecule has 5 aromatic rings. The number of amides is 4. The van der Waals surface area contributed by atoms with Gasteiger partial charge in [0.15, 0.2) is 5.15 Å². The van der Waals surface area contributed by atoms with E-state index in [1.807, 2.05) is 35.8 Å². The first kappa shape index (κ1) is 39.5. The Balaban J connectivity index is 0.875. The normalized spacial score (nSPS) is 25.3.